The number of nitrogens with zero attached hydrogens (tertiary/aromatic N) is 3. The van der Waals surface area contributed by atoms with E-state index in [1.807, 2.05) is 17.0 Å². The molecule has 1 aromatic carbocycles. The molecule has 1 N–H and O–H groups in total. The first-order chi connectivity index (χ1) is 16.6. The van der Waals surface area contributed by atoms with Crippen molar-refractivity contribution in [3.05, 3.63) is 24.3 Å². The highest BCUT2D eigenvalue weighted by atomic mass is 16.5. The number of likely N-dealkylation sites (tertiary alicyclic amines) is 1. The Morgan fingerprint density at radius 1 is 1.03 bits per heavy atom. The number of piperazine rings is 1. The van der Waals surface area contributed by atoms with E-state index in [2.05, 4.69) is 27.2 Å². The molecule has 2 amide bonds. The summed E-state index contributed by atoms with van der Waals surface area (Å²) in [4.78, 5) is 32.6. The molecule has 4 atom stereocenters. The van der Waals surface area contributed by atoms with Gasteiger partial charge in [0.15, 0.2) is 0 Å². The largest absolute Gasteiger partial charge is 0.495 e. The van der Waals surface area contributed by atoms with Gasteiger partial charge >= 0.3 is 0 Å². The first-order valence-corrected chi connectivity index (χ1v) is 13.3. The van der Waals surface area contributed by atoms with Crippen molar-refractivity contribution >= 4 is 17.5 Å². The van der Waals surface area contributed by atoms with Crippen LogP contribution in [0.5, 0.6) is 5.75 Å². The molecule has 2 saturated carbocycles. The summed E-state index contributed by atoms with van der Waals surface area (Å²) < 4.78 is 5.51. The Kier molecular flexibility index (Phi) is 7.28. The molecule has 2 aliphatic carbocycles. The summed E-state index contributed by atoms with van der Waals surface area (Å²) in [6.45, 7) is 6.04. The predicted molar refractivity (Wildman–Crippen MR) is 133 cm³/mol. The molecular weight excluding hydrogens is 428 g/mol. The molecule has 0 aromatic heterocycles. The molecule has 2 bridgehead atoms. The van der Waals surface area contributed by atoms with Crippen LogP contribution >= 0.6 is 0 Å². The van der Waals surface area contributed by atoms with Gasteiger partial charge in [-0.25, -0.2) is 0 Å². The smallest absolute Gasteiger partial charge is 0.242 e. The average molecular weight is 469 g/mol. The minimum Gasteiger partial charge on any atom is -0.495 e. The number of nitrogens with one attached hydrogen (secondary N) is 1. The monoisotopic (exact) mass is 468 g/mol. The van der Waals surface area contributed by atoms with Crippen LogP contribution in [0.2, 0.25) is 0 Å². The molecule has 4 aliphatic rings. The molecule has 7 heteroatoms. The van der Waals surface area contributed by atoms with E-state index in [9.17, 15) is 9.59 Å². The zero-order valence-electron chi connectivity index (χ0n) is 20.6. The van der Waals surface area contributed by atoms with Crippen LogP contribution in [0, 0.1) is 17.8 Å². The first-order valence-electron chi connectivity index (χ1n) is 13.3. The minimum absolute atomic E-state index is 0.0338. The van der Waals surface area contributed by atoms with Crippen LogP contribution in [-0.2, 0) is 9.59 Å². The zero-order chi connectivity index (χ0) is 23.5. The number of benzene rings is 1. The third kappa shape index (κ3) is 5.04. The SMILES string of the molecule is COc1ccccc1N1CCN(CCNC(=O)[C@@H]2CCCN2C(=O)CC2C[C@H]3CC[C@@H]2C3)CC1. The molecule has 2 saturated heterocycles. The molecule has 2 aliphatic heterocycles. The molecule has 1 aromatic rings. The lowest BCUT2D eigenvalue weighted by Gasteiger charge is -2.36. The van der Waals surface area contributed by atoms with E-state index in [-0.39, 0.29) is 17.9 Å². The average Bonchev–Trinajstić information content (AvgIpc) is 3.62. The lowest BCUT2D eigenvalue weighted by Crippen LogP contribution is -2.50. The maximum atomic E-state index is 13.0. The quantitative estimate of drug-likeness (QED) is 0.636. The molecule has 186 valence electrons. The lowest BCUT2D eigenvalue weighted by molar-refractivity contribution is -0.139. The summed E-state index contributed by atoms with van der Waals surface area (Å²) in [6.07, 6.45) is 7.61. The number of amides is 2. The Balaban J connectivity index is 1.04. The van der Waals surface area contributed by atoms with Crippen LogP contribution in [0.15, 0.2) is 24.3 Å². The summed E-state index contributed by atoms with van der Waals surface area (Å²) in [5, 5.41) is 3.13. The number of anilines is 1. The molecule has 34 heavy (non-hydrogen) atoms. The highest BCUT2D eigenvalue weighted by molar-refractivity contribution is 5.88. The van der Waals surface area contributed by atoms with Crippen LogP contribution in [0.3, 0.4) is 0 Å². The summed E-state index contributed by atoms with van der Waals surface area (Å²) >= 11 is 0. The second-order valence-corrected chi connectivity index (χ2v) is 10.7. The number of para-hydroxylation sites is 2. The van der Waals surface area contributed by atoms with E-state index in [0.717, 1.165) is 75.4 Å². The molecule has 4 fully saturated rings. The summed E-state index contributed by atoms with van der Waals surface area (Å²) in [6, 6.07) is 7.90. The van der Waals surface area contributed by atoms with E-state index in [1.165, 1.54) is 25.7 Å². The number of hydrogen-bond acceptors (Lipinski definition) is 5. The highest BCUT2D eigenvalue weighted by Gasteiger charge is 2.42. The fourth-order valence-electron chi connectivity index (χ4n) is 6.86. The lowest BCUT2D eigenvalue weighted by atomic mass is 9.86. The minimum atomic E-state index is -0.270. The van der Waals surface area contributed by atoms with Gasteiger partial charge in [0.1, 0.15) is 11.8 Å². The van der Waals surface area contributed by atoms with Crippen molar-refractivity contribution in [2.45, 2.75) is 51.0 Å². The molecule has 1 unspecified atom stereocenters. The Morgan fingerprint density at radius 2 is 1.85 bits per heavy atom. The number of ether oxygens (including phenoxy) is 1. The van der Waals surface area contributed by atoms with Gasteiger partial charge < -0.3 is 19.9 Å². The number of carbonyl (C=O) groups excluding carboxylic acids is 2. The standard InChI is InChI=1S/C27H40N4O3/c1-34-25-7-3-2-5-23(25)30-15-13-29(14-16-30)12-10-28-27(33)24-6-4-11-31(24)26(32)19-22-18-20-8-9-21(22)17-20/h2-3,5,7,20-22,24H,4,6,8-19H2,1H3,(H,28,33)/t20-,21+,22?,24-/m0/s1. The normalized spacial score (nSPS) is 29.0. The zero-order valence-corrected chi connectivity index (χ0v) is 20.6. The van der Waals surface area contributed by atoms with Crippen molar-refractivity contribution in [2.75, 3.05) is 57.8 Å². The number of methoxy groups -OCH3 is 1. The van der Waals surface area contributed by atoms with Crippen LogP contribution in [-0.4, -0.2) is 80.6 Å². The third-order valence-electron chi connectivity index (χ3n) is 8.72. The Morgan fingerprint density at radius 3 is 2.59 bits per heavy atom. The van der Waals surface area contributed by atoms with Crippen LogP contribution in [0.1, 0.15) is 44.9 Å². The second kappa shape index (κ2) is 10.5. The molecule has 0 radical (unpaired) electrons. The topological polar surface area (TPSA) is 65.1 Å². The van der Waals surface area contributed by atoms with Crippen molar-refractivity contribution in [2.24, 2.45) is 17.8 Å². The summed E-state index contributed by atoms with van der Waals surface area (Å²) in [5.74, 6) is 3.34. The van der Waals surface area contributed by atoms with Crippen molar-refractivity contribution in [1.82, 2.24) is 15.1 Å². The van der Waals surface area contributed by atoms with Crippen LogP contribution in [0.25, 0.3) is 0 Å². The number of rotatable bonds is 8. The number of carbonyl (C=O) groups is 2. The van der Waals surface area contributed by atoms with Crippen molar-refractivity contribution in [3.8, 4) is 5.75 Å². The van der Waals surface area contributed by atoms with Gasteiger partial charge in [-0.3, -0.25) is 14.5 Å². The van der Waals surface area contributed by atoms with E-state index in [4.69, 9.17) is 4.74 Å². The van der Waals surface area contributed by atoms with Gasteiger partial charge in [-0.15, -0.1) is 0 Å². The van der Waals surface area contributed by atoms with Crippen molar-refractivity contribution < 1.29 is 14.3 Å². The van der Waals surface area contributed by atoms with E-state index in [0.29, 0.717) is 18.9 Å². The van der Waals surface area contributed by atoms with E-state index >= 15 is 0 Å². The van der Waals surface area contributed by atoms with Gasteiger partial charge in [-0.1, -0.05) is 18.6 Å². The molecule has 0 spiro atoms. The second-order valence-electron chi connectivity index (χ2n) is 10.7. The fraction of sp³-hybridized carbons (Fsp3) is 0.704. The number of hydrogen-bond donors (Lipinski definition) is 1. The van der Waals surface area contributed by atoms with Gasteiger partial charge in [-0.05, 0) is 62.0 Å². The fourth-order valence-corrected chi connectivity index (χ4v) is 6.86. The molecule has 7 nitrogen and oxygen atoms in total. The van der Waals surface area contributed by atoms with Crippen LogP contribution in [0.4, 0.5) is 5.69 Å². The Bertz CT molecular complexity index is 869. The summed E-state index contributed by atoms with van der Waals surface area (Å²) in [5.41, 5.74) is 1.15. The molecule has 2 heterocycles. The molecule has 5 rings (SSSR count). The highest BCUT2D eigenvalue weighted by Crippen LogP contribution is 2.49. The van der Waals surface area contributed by atoms with Gasteiger partial charge in [-0.2, -0.15) is 0 Å². The van der Waals surface area contributed by atoms with E-state index in [1.54, 1.807) is 7.11 Å². The first kappa shape index (κ1) is 23.5. The predicted octanol–water partition coefficient (Wildman–Crippen LogP) is 2.75. The van der Waals surface area contributed by atoms with Gasteiger partial charge in [0.05, 0.1) is 12.8 Å². The van der Waals surface area contributed by atoms with Gasteiger partial charge in [0.2, 0.25) is 11.8 Å². The third-order valence-corrected chi connectivity index (χ3v) is 8.72. The van der Waals surface area contributed by atoms with Crippen molar-refractivity contribution in [3.63, 3.8) is 0 Å². The van der Waals surface area contributed by atoms with E-state index < -0.39 is 0 Å². The summed E-state index contributed by atoms with van der Waals surface area (Å²) in [7, 11) is 1.72. The Labute approximate surface area is 203 Å². The maximum absolute atomic E-state index is 13.0. The van der Waals surface area contributed by atoms with Gasteiger partial charge in [0.25, 0.3) is 0 Å². The molecular formula is C27H40N4O3. The van der Waals surface area contributed by atoms with Crippen LogP contribution < -0.4 is 15.0 Å². The van der Waals surface area contributed by atoms with Crippen molar-refractivity contribution in [1.29, 1.82) is 0 Å². The maximum Gasteiger partial charge on any atom is 0.242 e. The Hall–Kier alpha value is -2.28. The number of fused-ring (bicyclic) bond motifs is 2. The van der Waals surface area contributed by atoms with Gasteiger partial charge in [0, 0.05) is 52.2 Å².